The van der Waals surface area contributed by atoms with Crippen molar-refractivity contribution in [3.05, 3.63) is 30.1 Å². The number of nitrogens with one attached hydrogen (secondary N) is 3. The van der Waals surface area contributed by atoms with E-state index in [1.165, 1.54) is 0 Å². The van der Waals surface area contributed by atoms with Crippen LogP contribution in [-0.2, 0) is 9.59 Å². The molecule has 3 atom stereocenters. The van der Waals surface area contributed by atoms with Crippen LogP contribution in [0.1, 0.15) is 36.7 Å². The minimum atomic E-state index is -0.777. The molecule has 0 aliphatic carbocycles. The Bertz CT molecular complexity index is 742. The lowest BCUT2D eigenvalue weighted by molar-refractivity contribution is -0.137. The van der Waals surface area contributed by atoms with E-state index >= 15 is 0 Å². The van der Waals surface area contributed by atoms with E-state index in [9.17, 15) is 14.4 Å². The first kappa shape index (κ1) is 27.7. The summed E-state index contributed by atoms with van der Waals surface area (Å²) in [5.41, 5.74) is 0.330. The van der Waals surface area contributed by atoms with Crippen molar-refractivity contribution in [3.63, 3.8) is 0 Å². The molecule has 0 bridgehead atoms. The third-order valence-corrected chi connectivity index (χ3v) is 4.82. The number of pyridine rings is 1. The van der Waals surface area contributed by atoms with Crippen LogP contribution in [0.15, 0.2) is 24.4 Å². The predicted octanol–water partition coefficient (Wildman–Crippen LogP) is 0.762. The summed E-state index contributed by atoms with van der Waals surface area (Å²) >= 11 is 0. The van der Waals surface area contributed by atoms with Gasteiger partial charge in [0.15, 0.2) is 0 Å². The third kappa shape index (κ3) is 7.48. The number of terminal acetylenes is 1. The maximum absolute atomic E-state index is 13.0. The number of aromatic nitrogens is 1. The molecule has 0 saturated carbocycles. The molecule has 0 unspecified atom stereocenters. The van der Waals surface area contributed by atoms with Crippen LogP contribution in [0.5, 0.6) is 0 Å². The highest BCUT2D eigenvalue weighted by atomic mass is 35.5. The van der Waals surface area contributed by atoms with Crippen molar-refractivity contribution in [2.75, 3.05) is 20.1 Å². The molecule has 1 aromatic rings. The van der Waals surface area contributed by atoms with Gasteiger partial charge in [-0.2, -0.15) is 0 Å². The zero-order valence-corrected chi connectivity index (χ0v) is 18.7. The topological polar surface area (TPSA) is 103 Å². The quantitative estimate of drug-likeness (QED) is 0.500. The number of amides is 3. The molecule has 10 heteroatoms. The van der Waals surface area contributed by atoms with E-state index in [1.807, 2.05) is 0 Å². The molecule has 1 fully saturated rings. The lowest BCUT2D eigenvalue weighted by atomic mass is 10.1. The number of rotatable bonds is 8. The smallest absolute Gasteiger partial charge is 0.269 e. The third-order valence-electron chi connectivity index (χ3n) is 4.82. The number of hydrogen-bond acceptors (Lipinski definition) is 5. The summed E-state index contributed by atoms with van der Waals surface area (Å²) in [6.07, 6.45) is 8.68. The number of hydrogen-bond donors (Lipinski definition) is 3. The van der Waals surface area contributed by atoms with Crippen LogP contribution in [0.4, 0.5) is 0 Å². The lowest BCUT2D eigenvalue weighted by Gasteiger charge is -2.29. The predicted molar refractivity (Wildman–Crippen MR) is 120 cm³/mol. The summed E-state index contributed by atoms with van der Waals surface area (Å²) in [7, 11) is 1.67. The van der Waals surface area contributed by atoms with E-state index in [2.05, 4.69) is 26.9 Å². The Labute approximate surface area is 189 Å². The molecule has 1 aliphatic rings. The van der Waals surface area contributed by atoms with Crippen molar-refractivity contribution >= 4 is 42.5 Å². The van der Waals surface area contributed by atoms with E-state index in [0.29, 0.717) is 18.8 Å². The van der Waals surface area contributed by atoms with E-state index in [4.69, 9.17) is 6.42 Å². The second-order valence-corrected chi connectivity index (χ2v) is 6.73. The highest BCUT2D eigenvalue weighted by Crippen LogP contribution is 2.18. The molecule has 2 rings (SSSR count). The molecule has 0 aromatic carbocycles. The van der Waals surface area contributed by atoms with E-state index in [1.54, 1.807) is 43.3 Å². The number of halogens is 2. The number of likely N-dealkylation sites (N-methyl/N-ethyl adjacent to an activating group) is 1. The van der Waals surface area contributed by atoms with Crippen molar-refractivity contribution in [1.29, 1.82) is 0 Å². The number of carbonyl (C=O) groups excluding carboxylic acids is 3. The Morgan fingerprint density at radius 1 is 1.33 bits per heavy atom. The largest absolute Gasteiger partial charge is 0.349 e. The summed E-state index contributed by atoms with van der Waals surface area (Å²) in [5.74, 6) is 1.68. The van der Waals surface area contributed by atoms with Crippen LogP contribution in [-0.4, -0.2) is 65.9 Å². The molecule has 0 radical (unpaired) electrons. The molecular weight excluding hydrogens is 429 g/mol. The van der Waals surface area contributed by atoms with Gasteiger partial charge in [-0.15, -0.1) is 37.2 Å². The van der Waals surface area contributed by atoms with Crippen molar-refractivity contribution in [1.82, 2.24) is 25.8 Å². The SMILES string of the molecule is C#CC[C@H](NC(=O)[C@H](C)NC)C(=O)N1CCC[C@H]1CNC(=O)c1ccccn1.Cl.Cl. The molecule has 8 nitrogen and oxygen atoms in total. The average Bonchev–Trinajstić information content (AvgIpc) is 3.19. The minimum absolute atomic E-state index is 0. The van der Waals surface area contributed by atoms with Gasteiger partial charge in [0.1, 0.15) is 11.7 Å². The van der Waals surface area contributed by atoms with Gasteiger partial charge in [-0.25, -0.2) is 0 Å². The standard InChI is InChI=1S/C20H27N5O3.2ClH/c1-4-8-17(24-18(26)14(2)21-3)20(28)25-12-7-9-15(25)13-23-19(27)16-10-5-6-11-22-16;;/h1,5-6,10-11,14-15,17,21H,7-9,12-13H2,2-3H3,(H,23,27)(H,24,26);2*1H/t14-,15-,17-;;/m0../s1. The van der Waals surface area contributed by atoms with Crippen LogP contribution in [0, 0.1) is 12.3 Å². The number of carbonyl (C=O) groups is 3. The fraction of sp³-hybridized carbons (Fsp3) is 0.500. The van der Waals surface area contributed by atoms with Gasteiger partial charge >= 0.3 is 0 Å². The zero-order chi connectivity index (χ0) is 20.5. The molecule has 1 aromatic heterocycles. The van der Waals surface area contributed by atoms with Gasteiger partial charge in [-0.05, 0) is 38.9 Å². The highest BCUT2D eigenvalue weighted by Gasteiger charge is 2.34. The Morgan fingerprint density at radius 2 is 2.07 bits per heavy atom. The average molecular weight is 458 g/mol. The molecule has 166 valence electrons. The van der Waals surface area contributed by atoms with Crippen LogP contribution in [0.2, 0.25) is 0 Å². The van der Waals surface area contributed by atoms with Crippen molar-refractivity contribution in [3.8, 4) is 12.3 Å². The van der Waals surface area contributed by atoms with Crippen molar-refractivity contribution in [2.45, 2.75) is 44.3 Å². The van der Waals surface area contributed by atoms with Crippen LogP contribution >= 0.6 is 24.8 Å². The van der Waals surface area contributed by atoms with Gasteiger partial charge in [0.25, 0.3) is 5.91 Å². The van der Waals surface area contributed by atoms with Gasteiger partial charge in [0.2, 0.25) is 11.8 Å². The van der Waals surface area contributed by atoms with Crippen molar-refractivity contribution in [2.24, 2.45) is 0 Å². The molecular formula is C20H29Cl2N5O3. The fourth-order valence-corrected chi connectivity index (χ4v) is 3.08. The van der Waals surface area contributed by atoms with E-state index in [-0.39, 0.29) is 55.0 Å². The molecule has 2 heterocycles. The minimum Gasteiger partial charge on any atom is -0.349 e. The second-order valence-electron chi connectivity index (χ2n) is 6.73. The monoisotopic (exact) mass is 457 g/mol. The second kappa shape index (κ2) is 13.8. The van der Waals surface area contributed by atoms with E-state index < -0.39 is 12.1 Å². The van der Waals surface area contributed by atoms with Gasteiger partial charge in [0.05, 0.1) is 6.04 Å². The molecule has 0 spiro atoms. The zero-order valence-electron chi connectivity index (χ0n) is 17.1. The Hall–Kier alpha value is -2.34. The van der Waals surface area contributed by atoms with Crippen LogP contribution in [0.3, 0.4) is 0 Å². The van der Waals surface area contributed by atoms with Crippen LogP contribution in [0.25, 0.3) is 0 Å². The summed E-state index contributed by atoms with van der Waals surface area (Å²) in [5, 5.41) is 8.39. The molecule has 3 amide bonds. The Morgan fingerprint density at radius 3 is 2.67 bits per heavy atom. The molecule has 1 saturated heterocycles. The van der Waals surface area contributed by atoms with Crippen LogP contribution < -0.4 is 16.0 Å². The highest BCUT2D eigenvalue weighted by molar-refractivity contribution is 5.92. The summed E-state index contributed by atoms with van der Waals surface area (Å²) in [6, 6.07) is 3.77. The summed E-state index contributed by atoms with van der Waals surface area (Å²) < 4.78 is 0. The van der Waals surface area contributed by atoms with E-state index in [0.717, 1.165) is 12.8 Å². The first-order valence-corrected chi connectivity index (χ1v) is 9.38. The first-order valence-electron chi connectivity index (χ1n) is 9.38. The summed E-state index contributed by atoms with van der Waals surface area (Å²) in [6.45, 7) is 2.60. The lowest BCUT2D eigenvalue weighted by Crippen LogP contribution is -2.54. The fourth-order valence-electron chi connectivity index (χ4n) is 3.08. The molecule has 3 N–H and O–H groups in total. The van der Waals surface area contributed by atoms with Gasteiger partial charge in [0, 0.05) is 31.7 Å². The number of nitrogens with zero attached hydrogens (tertiary/aromatic N) is 2. The Balaban J connectivity index is 0.00000420. The molecule has 30 heavy (non-hydrogen) atoms. The molecule has 1 aliphatic heterocycles. The van der Waals surface area contributed by atoms with Gasteiger partial charge in [-0.3, -0.25) is 19.4 Å². The maximum Gasteiger partial charge on any atom is 0.269 e. The first-order chi connectivity index (χ1) is 13.5. The van der Waals surface area contributed by atoms with Gasteiger partial charge < -0.3 is 20.9 Å². The maximum atomic E-state index is 13.0. The summed E-state index contributed by atoms with van der Waals surface area (Å²) in [4.78, 5) is 43.1. The van der Waals surface area contributed by atoms with Crippen molar-refractivity contribution < 1.29 is 14.4 Å². The number of likely N-dealkylation sites (tertiary alicyclic amines) is 1. The normalized spacial score (nSPS) is 16.8. The Kier molecular flexibility index (Phi) is 12.7. The van der Waals surface area contributed by atoms with Gasteiger partial charge in [-0.1, -0.05) is 6.07 Å².